The van der Waals surface area contributed by atoms with E-state index in [-0.39, 0.29) is 11.8 Å². The Hall–Kier alpha value is -1.11. The van der Waals surface area contributed by atoms with E-state index in [1.807, 2.05) is 31.2 Å². The van der Waals surface area contributed by atoms with Gasteiger partial charge >= 0.3 is 5.97 Å². The Morgan fingerprint density at radius 2 is 1.95 bits per heavy atom. The van der Waals surface area contributed by atoms with Crippen LogP contribution in [0.1, 0.15) is 31.4 Å². The van der Waals surface area contributed by atoms with E-state index in [1.165, 1.54) is 0 Å². The molecule has 0 spiro atoms. The SMILES string of the molecule is CC(c1ccc(Cl)cc1)N(CCS(=O)(=O)CC(=O)O)C1CC1. The van der Waals surface area contributed by atoms with Crippen LogP contribution in [-0.2, 0) is 14.6 Å². The predicted molar refractivity (Wildman–Crippen MR) is 85.9 cm³/mol. The number of aliphatic carboxylic acids is 1. The van der Waals surface area contributed by atoms with E-state index in [9.17, 15) is 13.2 Å². The minimum absolute atomic E-state index is 0.0739. The van der Waals surface area contributed by atoms with E-state index in [0.717, 1.165) is 18.4 Å². The normalized spacial score (nSPS) is 16.7. The molecule has 1 aliphatic rings. The third kappa shape index (κ3) is 4.97. The van der Waals surface area contributed by atoms with Crippen LogP contribution in [0.4, 0.5) is 0 Å². The van der Waals surface area contributed by atoms with Crippen molar-refractivity contribution in [1.29, 1.82) is 0 Å². The van der Waals surface area contributed by atoms with Gasteiger partial charge in [-0.1, -0.05) is 23.7 Å². The molecule has 7 heteroatoms. The second kappa shape index (κ2) is 6.98. The summed E-state index contributed by atoms with van der Waals surface area (Å²) in [5.74, 6) is -2.24. The minimum Gasteiger partial charge on any atom is -0.480 e. The molecule has 1 unspecified atom stereocenters. The lowest BCUT2D eigenvalue weighted by molar-refractivity contribution is -0.134. The number of rotatable bonds is 8. The summed E-state index contributed by atoms with van der Waals surface area (Å²) in [4.78, 5) is 12.7. The van der Waals surface area contributed by atoms with Gasteiger partial charge in [0.25, 0.3) is 0 Å². The van der Waals surface area contributed by atoms with Crippen LogP contribution in [0, 0.1) is 0 Å². The van der Waals surface area contributed by atoms with E-state index >= 15 is 0 Å². The van der Waals surface area contributed by atoms with Crippen LogP contribution in [-0.4, -0.2) is 48.5 Å². The fourth-order valence-corrected chi connectivity index (χ4v) is 3.67. The number of carboxylic acids is 1. The number of benzene rings is 1. The van der Waals surface area contributed by atoms with Gasteiger partial charge in [-0.2, -0.15) is 0 Å². The van der Waals surface area contributed by atoms with Crippen LogP contribution in [0.25, 0.3) is 0 Å². The first-order valence-electron chi connectivity index (χ1n) is 7.22. The van der Waals surface area contributed by atoms with E-state index in [2.05, 4.69) is 4.90 Å². The molecule has 0 amide bonds. The highest BCUT2D eigenvalue weighted by Gasteiger charge is 2.33. The molecular weight excluding hydrogens is 326 g/mol. The van der Waals surface area contributed by atoms with E-state index < -0.39 is 21.6 Å². The Balaban J connectivity index is 2.04. The Bertz CT molecular complexity index is 625. The van der Waals surface area contributed by atoms with Gasteiger partial charge in [0.05, 0.1) is 5.75 Å². The molecule has 122 valence electrons. The van der Waals surface area contributed by atoms with Gasteiger partial charge in [0.1, 0.15) is 5.75 Å². The highest BCUT2D eigenvalue weighted by Crippen LogP contribution is 2.34. The van der Waals surface area contributed by atoms with Gasteiger partial charge in [-0.25, -0.2) is 8.42 Å². The highest BCUT2D eigenvalue weighted by molar-refractivity contribution is 7.92. The topological polar surface area (TPSA) is 74.7 Å². The fourth-order valence-electron chi connectivity index (χ4n) is 2.54. The predicted octanol–water partition coefficient (Wildman–Crippen LogP) is 2.36. The van der Waals surface area contributed by atoms with Crippen LogP contribution in [0.2, 0.25) is 5.02 Å². The molecule has 0 bridgehead atoms. The number of hydrogen-bond donors (Lipinski definition) is 1. The Kier molecular flexibility index (Phi) is 5.47. The first-order chi connectivity index (χ1) is 10.3. The Morgan fingerprint density at radius 3 is 2.45 bits per heavy atom. The van der Waals surface area contributed by atoms with Crippen molar-refractivity contribution in [3.05, 3.63) is 34.9 Å². The lowest BCUT2D eigenvalue weighted by Crippen LogP contribution is -2.35. The third-order valence-corrected chi connectivity index (χ3v) is 5.61. The quantitative estimate of drug-likeness (QED) is 0.782. The van der Waals surface area contributed by atoms with Gasteiger partial charge in [0.2, 0.25) is 0 Å². The molecule has 0 heterocycles. The fraction of sp³-hybridized carbons (Fsp3) is 0.533. The number of carboxylic acid groups (broad SMARTS) is 1. The van der Waals surface area contributed by atoms with E-state index in [1.54, 1.807) is 0 Å². The summed E-state index contributed by atoms with van der Waals surface area (Å²) in [6, 6.07) is 7.97. The van der Waals surface area contributed by atoms with Gasteiger partial charge in [-0.15, -0.1) is 0 Å². The summed E-state index contributed by atoms with van der Waals surface area (Å²) in [6.07, 6.45) is 2.10. The molecule has 1 aromatic carbocycles. The molecule has 0 aromatic heterocycles. The molecule has 22 heavy (non-hydrogen) atoms. The molecule has 0 aliphatic heterocycles. The minimum atomic E-state index is -3.57. The molecule has 1 N–H and O–H groups in total. The van der Waals surface area contributed by atoms with Crippen LogP contribution >= 0.6 is 11.6 Å². The number of sulfone groups is 1. The van der Waals surface area contributed by atoms with Crippen molar-refractivity contribution in [2.75, 3.05) is 18.1 Å². The Morgan fingerprint density at radius 1 is 1.36 bits per heavy atom. The highest BCUT2D eigenvalue weighted by atomic mass is 35.5. The summed E-state index contributed by atoms with van der Waals surface area (Å²) >= 11 is 5.89. The van der Waals surface area contributed by atoms with Gasteiger partial charge in [0.15, 0.2) is 9.84 Å². The zero-order chi connectivity index (χ0) is 16.3. The molecule has 1 atom stereocenters. The molecule has 0 saturated heterocycles. The van der Waals surface area contributed by atoms with Crippen molar-refractivity contribution >= 4 is 27.4 Å². The average molecular weight is 346 g/mol. The summed E-state index contributed by atoms with van der Waals surface area (Å²) in [6.45, 7) is 2.38. The molecule has 1 saturated carbocycles. The van der Waals surface area contributed by atoms with Crippen LogP contribution < -0.4 is 0 Å². The zero-order valence-electron chi connectivity index (χ0n) is 12.4. The zero-order valence-corrected chi connectivity index (χ0v) is 14.0. The lowest BCUT2D eigenvalue weighted by atomic mass is 10.1. The molecule has 1 fully saturated rings. The lowest BCUT2D eigenvalue weighted by Gasteiger charge is -2.29. The van der Waals surface area contributed by atoms with Crippen molar-refractivity contribution in [2.45, 2.75) is 31.8 Å². The molecular formula is C15H20ClNO4S. The maximum atomic E-state index is 11.8. The summed E-state index contributed by atoms with van der Waals surface area (Å²) in [7, 11) is -3.57. The number of hydrogen-bond acceptors (Lipinski definition) is 4. The summed E-state index contributed by atoms with van der Waals surface area (Å²) in [5.41, 5.74) is 1.08. The van der Waals surface area contributed by atoms with Crippen molar-refractivity contribution in [2.24, 2.45) is 0 Å². The summed E-state index contributed by atoms with van der Waals surface area (Å²) in [5, 5.41) is 9.31. The van der Waals surface area contributed by atoms with Gasteiger partial charge < -0.3 is 5.11 Å². The van der Waals surface area contributed by atoms with Crippen LogP contribution in [0.3, 0.4) is 0 Å². The molecule has 2 rings (SSSR count). The third-order valence-electron chi connectivity index (χ3n) is 3.87. The molecule has 0 radical (unpaired) electrons. The average Bonchev–Trinajstić information content (AvgIpc) is 3.22. The number of carbonyl (C=O) groups is 1. The van der Waals surface area contributed by atoms with Gasteiger partial charge in [0, 0.05) is 23.7 Å². The molecule has 1 aliphatic carbocycles. The number of nitrogens with zero attached hydrogens (tertiary/aromatic N) is 1. The monoisotopic (exact) mass is 345 g/mol. The largest absolute Gasteiger partial charge is 0.480 e. The van der Waals surface area contributed by atoms with Crippen molar-refractivity contribution < 1.29 is 18.3 Å². The number of halogens is 1. The van der Waals surface area contributed by atoms with Gasteiger partial charge in [-0.3, -0.25) is 9.69 Å². The van der Waals surface area contributed by atoms with E-state index in [4.69, 9.17) is 16.7 Å². The van der Waals surface area contributed by atoms with Crippen molar-refractivity contribution in [3.63, 3.8) is 0 Å². The van der Waals surface area contributed by atoms with Gasteiger partial charge in [-0.05, 0) is 37.5 Å². The second-order valence-corrected chi connectivity index (χ2v) is 8.30. The van der Waals surface area contributed by atoms with Crippen LogP contribution in [0.15, 0.2) is 24.3 Å². The summed E-state index contributed by atoms with van der Waals surface area (Å²) < 4.78 is 23.5. The molecule has 5 nitrogen and oxygen atoms in total. The maximum Gasteiger partial charge on any atom is 0.318 e. The second-order valence-electron chi connectivity index (χ2n) is 5.68. The maximum absolute atomic E-state index is 11.8. The molecule has 1 aromatic rings. The standard InChI is InChI=1S/C15H20ClNO4S/c1-11(12-2-4-13(16)5-3-12)17(14-6-7-14)8-9-22(20,21)10-15(18)19/h2-5,11,14H,6-10H2,1H3,(H,18,19). The van der Waals surface area contributed by atoms with E-state index in [0.29, 0.717) is 17.6 Å². The Labute approximate surface area is 135 Å². The first-order valence-corrected chi connectivity index (χ1v) is 9.42. The smallest absolute Gasteiger partial charge is 0.318 e. The van der Waals surface area contributed by atoms with Crippen molar-refractivity contribution in [3.8, 4) is 0 Å². The van der Waals surface area contributed by atoms with Crippen LogP contribution in [0.5, 0.6) is 0 Å². The first kappa shape index (κ1) is 17.2. The van der Waals surface area contributed by atoms with Crippen molar-refractivity contribution in [1.82, 2.24) is 4.90 Å².